The molecule has 0 radical (unpaired) electrons. The zero-order chi connectivity index (χ0) is 10.5. The summed E-state index contributed by atoms with van der Waals surface area (Å²) >= 11 is 1.73. The third-order valence-corrected chi connectivity index (χ3v) is 3.00. The minimum atomic E-state index is 0.273. The van der Waals surface area contributed by atoms with Crippen molar-refractivity contribution >= 4 is 11.3 Å². The molecule has 0 amide bonds. The van der Waals surface area contributed by atoms with Crippen LogP contribution in [0, 0.1) is 0 Å². The number of nitrogens with one attached hydrogen (secondary N) is 1. The number of hydrogen-bond acceptors (Lipinski definition) is 3. The highest BCUT2D eigenvalue weighted by atomic mass is 32.1. The van der Waals surface area contributed by atoms with Gasteiger partial charge in [-0.25, -0.2) is 0 Å². The SMILES string of the molecule is CCNC(c1cccnc1)c1ccsc1. The summed E-state index contributed by atoms with van der Waals surface area (Å²) in [7, 11) is 0. The van der Waals surface area contributed by atoms with E-state index in [-0.39, 0.29) is 6.04 Å². The first-order chi connectivity index (χ1) is 7.42. The summed E-state index contributed by atoms with van der Waals surface area (Å²) < 4.78 is 0. The maximum Gasteiger partial charge on any atom is 0.0600 e. The molecule has 0 saturated heterocycles. The first-order valence-electron chi connectivity index (χ1n) is 5.07. The van der Waals surface area contributed by atoms with Crippen LogP contribution in [0.5, 0.6) is 0 Å². The Bertz CT molecular complexity index is 383. The van der Waals surface area contributed by atoms with Crippen LogP contribution in [0.1, 0.15) is 24.1 Å². The number of hydrogen-bond donors (Lipinski definition) is 1. The zero-order valence-corrected chi connectivity index (χ0v) is 9.50. The molecule has 2 rings (SSSR count). The Hall–Kier alpha value is -1.19. The van der Waals surface area contributed by atoms with Gasteiger partial charge in [-0.2, -0.15) is 11.3 Å². The summed E-state index contributed by atoms with van der Waals surface area (Å²) in [6.45, 7) is 3.07. The molecule has 2 aromatic rings. The summed E-state index contributed by atoms with van der Waals surface area (Å²) in [6.07, 6.45) is 3.73. The number of nitrogens with zero attached hydrogens (tertiary/aromatic N) is 1. The average Bonchev–Trinajstić information content (AvgIpc) is 2.80. The van der Waals surface area contributed by atoms with Gasteiger partial charge in [0.25, 0.3) is 0 Å². The minimum absolute atomic E-state index is 0.273. The van der Waals surface area contributed by atoms with Gasteiger partial charge in [0.15, 0.2) is 0 Å². The van der Waals surface area contributed by atoms with Crippen molar-refractivity contribution in [3.8, 4) is 0 Å². The van der Waals surface area contributed by atoms with Gasteiger partial charge in [0.05, 0.1) is 6.04 Å². The van der Waals surface area contributed by atoms with Gasteiger partial charge in [-0.15, -0.1) is 0 Å². The molecule has 1 unspecified atom stereocenters. The predicted octanol–water partition coefficient (Wildman–Crippen LogP) is 2.84. The third kappa shape index (κ3) is 2.43. The molecule has 0 fully saturated rings. The van der Waals surface area contributed by atoms with E-state index in [0.29, 0.717) is 0 Å². The molecule has 0 bridgehead atoms. The molecular weight excluding hydrogens is 204 g/mol. The molecule has 0 aliphatic rings. The van der Waals surface area contributed by atoms with Crippen LogP contribution >= 0.6 is 11.3 Å². The van der Waals surface area contributed by atoms with Gasteiger partial charge in [0.2, 0.25) is 0 Å². The predicted molar refractivity (Wildman–Crippen MR) is 64.1 cm³/mol. The molecular formula is C12H14N2S. The second kappa shape index (κ2) is 5.05. The van der Waals surface area contributed by atoms with E-state index in [2.05, 4.69) is 40.1 Å². The van der Waals surface area contributed by atoms with Crippen molar-refractivity contribution in [3.05, 3.63) is 52.5 Å². The molecule has 2 nitrogen and oxygen atoms in total. The number of pyridine rings is 1. The van der Waals surface area contributed by atoms with Crippen LogP contribution in [0.4, 0.5) is 0 Å². The van der Waals surface area contributed by atoms with Crippen molar-refractivity contribution in [2.24, 2.45) is 0 Å². The van der Waals surface area contributed by atoms with Gasteiger partial charge < -0.3 is 5.32 Å². The van der Waals surface area contributed by atoms with E-state index in [1.165, 1.54) is 11.1 Å². The molecule has 1 atom stereocenters. The first kappa shape index (κ1) is 10.3. The van der Waals surface area contributed by atoms with Gasteiger partial charge in [-0.1, -0.05) is 13.0 Å². The fourth-order valence-corrected chi connectivity index (χ4v) is 2.30. The highest BCUT2D eigenvalue weighted by Gasteiger charge is 2.12. The van der Waals surface area contributed by atoms with Crippen LogP contribution in [-0.4, -0.2) is 11.5 Å². The maximum absolute atomic E-state index is 4.16. The molecule has 0 aromatic carbocycles. The van der Waals surface area contributed by atoms with Crippen molar-refractivity contribution < 1.29 is 0 Å². The Morgan fingerprint density at radius 3 is 2.93 bits per heavy atom. The second-order valence-corrected chi connectivity index (χ2v) is 4.11. The van der Waals surface area contributed by atoms with Crippen LogP contribution in [0.25, 0.3) is 0 Å². The Balaban J connectivity index is 2.28. The molecule has 0 saturated carbocycles. The van der Waals surface area contributed by atoms with Crippen LogP contribution in [0.3, 0.4) is 0 Å². The first-order valence-corrected chi connectivity index (χ1v) is 6.01. The van der Waals surface area contributed by atoms with E-state index in [4.69, 9.17) is 0 Å². The lowest BCUT2D eigenvalue weighted by Crippen LogP contribution is -2.21. The van der Waals surface area contributed by atoms with Gasteiger partial charge in [-0.3, -0.25) is 4.98 Å². The van der Waals surface area contributed by atoms with Crippen molar-refractivity contribution in [2.75, 3.05) is 6.54 Å². The van der Waals surface area contributed by atoms with Crippen LogP contribution < -0.4 is 5.32 Å². The Labute approximate surface area is 94.0 Å². The average molecular weight is 218 g/mol. The van der Waals surface area contributed by atoms with Crippen molar-refractivity contribution in [1.82, 2.24) is 10.3 Å². The molecule has 1 N–H and O–H groups in total. The molecule has 0 aliphatic carbocycles. The number of rotatable bonds is 4. The number of aromatic nitrogens is 1. The van der Waals surface area contributed by atoms with E-state index < -0.39 is 0 Å². The maximum atomic E-state index is 4.16. The zero-order valence-electron chi connectivity index (χ0n) is 8.68. The van der Waals surface area contributed by atoms with E-state index in [9.17, 15) is 0 Å². The minimum Gasteiger partial charge on any atom is -0.306 e. The van der Waals surface area contributed by atoms with Crippen molar-refractivity contribution in [3.63, 3.8) is 0 Å². The molecule has 78 valence electrons. The van der Waals surface area contributed by atoms with Gasteiger partial charge >= 0.3 is 0 Å². The topological polar surface area (TPSA) is 24.9 Å². The lowest BCUT2D eigenvalue weighted by atomic mass is 10.0. The van der Waals surface area contributed by atoms with Crippen molar-refractivity contribution in [1.29, 1.82) is 0 Å². The lowest BCUT2D eigenvalue weighted by Gasteiger charge is -2.16. The molecule has 2 aromatic heterocycles. The van der Waals surface area contributed by atoms with E-state index in [1.54, 1.807) is 17.5 Å². The van der Waals surface area contributed by atoms with Gasteiger partial charge in [-0.05, 0) is 40.6 Å². The summed E-state index contributed by atoms with van der Waals surface area (Å²) in [6, 6.07) is 6.52. The highest BCUT2D eigenvalue weighted by molar-refractivity contribution is 7.08. The monoisotopic (exact) mass is 218 g/mol. The number of thiophene rings is 1. The molecule has 2 heterocycles. The summed E-state index contributed by atoms with van der Waals surface area (Å²) in [5.41, 5.74) is 2.53. The summed E-state index contributed by atoms with van der Waals surface area (Å²) in [5.74, 6) is 0. The molecule has 0 aliphatic heterocycles. The van der Waals surface area contributed by atoms with Crippen molar-refractivity contribution in [2.45, 2.75) is 13.0 Å². The molecule has 0 spiro atoms. The van der Waals surface area contributed by atoms with E-state index in [1.807, 2.05) is 12.3 Å². The standard InChI is InChI=1S/C12H14N2S/c1-2-14-12(11-5-7-15-9-11)10-4-3-6-13-8-10/h3-9,12,14H,2H2,1H3. The quantitative estimate of drug-likeness (QED) is 0.853. The normalized spacial score (nSPS) is 12.6. The third-order valence-electron chi connectivity index (χ3n) is 2.30. The second-order valence-electron chi connectivity index (χ2n) is 3.33. The smallest absolute Gasteiger partial charge is 0.0600 e. The largest absolute Gasteiger partial charge is 0.306 e. The lowest BCUT2D eigenvalue weighted by molar-refractivity contribution is 0.630. The van der Waals surface area contributed by atoms with Crippen LogP contribution in [0.2, 0.25) is 0 Å². The Kier molecular flexibility index (Phi) is 3.48. The van der Waals surface area contributed by atoms with Gasteiger partial charge in [0.1, 0.15) is 0 Å². The molecule has 15 heavy (non-hydrogen) atoms. The summed E-state index contributed by atoms with van der Waals surface area (Å²) in [5, 5.41) is 7.76. The molecule has 3 heteroatoms. The Morgan fingerprint density at radius 2 is 2.33 bits per heavy atom. The van der Waals surface area contributed by atoms with Gasteiger partial charge in [0, 0.05) is 12.4 Å². The summed E-state index contributed by atoms with van der Waals surface area (Å²) in [4.78, 5) is 4.16. The highest BCUT2D eigenvalue weighted by Crippen LogP contribution is 2.22. The Morgan fingerprint density at radius 1 is 1.40 bits per heavy atom. The van der Waals surface area contributed by atoms with E-state index >= 15 is 0 Å². The fraction of sp³-hybridized carbons (Fsp3) is 0.250. The van der Waals surface area contributed by atoms with E-state index in [0.717, 1.165) is 6.54 Å². The van der Waals surface area contributed by atoms with Crippen LogP contribution in [0.15, 0.2) is 41.4 Å². The van der Waals surface area contributed by atoms with Crippen LogP contribution in [-0.2, 0) is 0 Å². The fourth-order valence-electron chi connectivity index (χ4n) is 1.62.